The van der Waals surface area contributed by atoms with Crippen LogP contribution in [-0.4, -0.2) is 20.9 Å². The minimum Gasteiger partial charge on any atom is -0.481 e. The van der Waals surface area contributed by atoms with Crippen LogP contribution in [0.25, 0.3) is 0 Å². The second-order valence-electron chi connectivity index (χ2n) is 4.49. The molecule has 2 atom stereocenters. The summed E-state index contributed by atoms with van der Waals surface area (Å²) >= 11 is 6.23. The highest BCUT2D eigenvalue weighted by Gasteiger charge is 2.23. The first-order valence-corrected chi connectivity index (χ1v) is 6.19. The Morgan fingerprint density at radius 3 is 2.53 bits per heavy atom. The van der Waals surface area contributed by atoms with Crippen molar-refractivity contribution in [1.29, 1.82) is 0 Å². The molecule has 0 amide bonds. The maximum absolute atomic E-state index is 10.9. The number of hydrogen-bond acceptors (Lipinski definition) is 2. The average Bonchev–Trinajstić information content (AvgIpc) is 2.55. The Morgan fingerprint density at radius 2 is 2.12 bits per heavy atom. The summed E-state index contributed by atoms with van der Waals surface area (Å²) in [5.41, 5.74) is 1.79. The summed E-state index contributed by atoms with van der Waals surface area (Å²) in [4.78, 5) is 10.9. The number of carboxylic acid groups (broad SMARTS) is 1. The number of carboxylic acids is 1. The van der Waals surface area contributed by atoms with E-state index in [-0.39, 0.29) is 11.8 Å². The molecule has 0 fully saturated rings. The Bertz CT molecular complexity index is 415. The molecule has 1 rings (SSSR count). The van der Waals surface area contributed by atoms with Crippen molar-refractivity contribution in [3.8, 4) is 0 Å². The molecule has 0 bridgehead atoms. The lowest BCUT2D eigenvalue weighted by molar-refractivity contribution is -0.142. The lowest BCUT2D eigenvalue weighted by atomic mass is 9.91. The molecule has 0 aliphatic rings. The van der Waals surface area contributed by atoms with E-state index >= 15 is 0 Å². The fourth-order valence-corrected chi connectivity index (χ4v) is 2.14. The van der Waals surface area contributed by atoms with E-state index in [9.17, 15) is 4.79 Å². The van der Waals surface area contributed by atoms with Gasteiger partial charge in [0.05, 0.1) is 22.3 Å². The van der Waals surface area contributed by atoms with E-state index in [1.54, 1.807) is 11.6 Å². The van der Waals surface area contributed by atoms with Crippen molar-refractivity contribution in [1.82, 2.24) is 9.78 Å². The van der Waals surface area contributed by atoms with Crippen molar-refractivity contribution < 1.29 is 9.90 Å². The Balaban J connectivity index is 2.88. The number of hydrogen-bond donors (Lipinski definition) is 1. The van der Waals surface area contributed by atoms with Crippen molar-refractivity contribution in [2.75, 3.05) is 0 Å². The summed E-state index contributed by atoms with van der Waals surface area (Å²) in [6, 6.07) is 0. The van der Waals surface area contributed by atoms with Crippen molar-refractivity contribution in [2.24, 2.45) is 18.9 Å². The molecule has 96 valence electrons. The fourth-order valence-electron chi connectivity index (χ4n) is 1.77. The number of halogens is 1. The van der Waals surface area contributed by atoms with Gasteiger partial charge >= 0.3 is 5.97 Å². The SMILES string of the molecule is CCc1nn(C)c(CC(C)C(C)C(=O)O)c1Cl. The molecule has 5 heteroatoms. The summed E-state index contributed by atoms with van der Waals surface area (Å²) < 4.78 is 1.76. The Kier molecular flexibility index (Phi) is 4.57. The smallest absolute Gasteiger partial charge is 0.306 e. The van der Waals surface area contributed by atoms with Crippen LogP contribution in [0.5, 0.6) is 0 Å². The zero-order valence-corrected chi connectivity index (χ0v) is 11.5. The molecule has 1 heterocycles. The minimum atomic E-state index is -0.772. The van der Waals surface area contributed by atoms with Crippen molar-refractivity contribution in [3.05, 3.63) is 16.4 Å². The zero-order chi connectivity index (χ0) is 13.2. The molecule has 1 N–H and O–H groups in total. The molecular formula is C12H19ClN2O2. The lowest BCUT2D eigenvalue weighted by Crippen LogP contribution is -2.21. The lowest BCUT2D eigenvalue weighted by Gasteiger charge is -2.16. The first-order valence-electron chi connectivity index (χ1n) is 5.81. The summed E-state index contributed by atoms with van der Waals surface area (Å²) in [7, 11) is 1.85. The number of nitrogens with zero attached hydrogens (tertiary/aromatic N) is 2. The van der Waals surface area contributed by atoms with Crippen LogP contribution in [0.3, 0.4) is 0 Å². The number of aromatic nitrogens is 2. The fraction of sp³-hybridized carbons (Fsp3) is 0.667. The molecule has 1 aromatic rings. The van der Waals surface area contributed by atoms with Gasteiger partial charge in [-0.15, -0.1) is 0 Å². The third kappa shape index (κ3) is 3.00. The highest BCUT2D eigenvalue weighted by molar-refractivity contribution is 6.31. The van der Waals surface area contributed by atoms with Crippen LogP contribution in [0.1, 0.15) is 32.2 Å². The average molecular weight is 259 g/mol. The monoisotopic (exact) mass is 258 g/mol. The third-order valence-corrected chi connectivity index (χ3v) is 3.70. The molecule has 0 radical (unpaired) electrons. The molecule has 17 heavy (non-hydrogen) atoms. The molecule has 0 saturated heterocycles. The first-order chi connectivity index (χ1) is 7.88. The summed E-state index contributed by atoms with van der Waals surface area (Å²) in [5.74, 6) is -1.12. The van der Waals surface area contributed by atoms with Gasteiger partial charge in [0.25, 0.3) is 0 Å². The van der Waals surface area contributed by atoms with Crippen LogP contribution in [0.2, 0.25) is 5.02 Å². The van der Waals surface area contributed by atoms with E-state index in [4.69, 9.17) is 16.7 Å². The number of aliphatic carboxylic acids is 1. The highest BCUT2D eigenvalue weighted by atomic mass is 35.5. The van der Waals surface area contributed by atoms with Crippen molar-refractivity contribution >= 4 is 17.6 Å². The van der Waals surface area contributed by atoms with Gasteiger partial charge in [0.15, 0.2) is 0 Å². The molecule has 0 aromatic carbocycles. The van der Waals surface area contributed by atoms with Crippen molar-refractivity contribution in [2.45, 2.75) is 33.6 Å². The number of rotatable bonds is 5. The predicted octanol–water partition coefficient (Wildman–Crippen LogP) is 2.54. The molecule has 0 saturated carbocycles. The molecule has 2 unspecified atom stereocenters. The molecule has 1 aromatic heterocycles. The second-order valence-corrected chi connectivity index (χ2v) is 4.87. The van der Waals surface area contributed by atoms with Gasteiger partial charge in [-0.05, 0) is 18.8 Å². The molecule has 0 aliphatic carbocycles. The second kappa shape index (κ2) is 5.54. The Morgan fingerprint density at radius 1 is 1.53 bits per heavy atom. The predicted molar refractivity (Wildman–Crippen MR) is 67.3 cm³/mol. The normalized spacial score (nSPS) is 14.6. The van der Waals surface area contributed by atoms with E-state index in [2.05, 4.69) is 5.10 Å². The van der Waals surface area contributed by atoms with Gasteiger partial charge < -0.3 is 5.11 Å². The topological polar surface area (TPSA) is 55.1 Å². The summed E-state index contributed by atoms with van der Waals surface area (Å²) in [6.45, 7) is 5.65. The van der Waals surface area contributed by atoms with E-state index in [0.29, 0.717) is 11.4 Å². The summed E-state index contributed by atoms with van der Waals surface area (Å²) in [5, 5.41) is 14.0. The van der Waals surface area contributed by atoms with E-state index in [0.717, 1.165) is 17.8 Å². The Hall–Kier alpha value is -1.03. The van der Waals surface area contributed by atoms with Crippen molar-refractivity contribution in [3.63, 3.8) is 0 Å². The van der Waals surface area contributed by atoms with Crippen LogP contribution in [0.15, 0.2) is 0 Å². The standard InChI is InChI=1S/C12H19ClN2O2/c1-5-9-11(13)10(15(4)14-9)6-7(2)8(3)12(16)17/h7-8H,5-6H2,1-4H3,(H,16,17). The van der Waals surface area contributed by atoms with E-state index in [1.165, 1.54) is 0 Å². The first kappa shape index (κ1) is 14.0. The van der Waals surface area contributed by atoms with Gasteiger partial charge in [-0.2, -0.15) is 5.10 Å². The van der Waals surface area contributed by atoms with Crippen LogP contribution in [0, 0.1) is 11.8 Å². The maximum Gasteiger partial charge on any atom is 0.306 e. The zero-order valence-electron chi connectivity index (χ0n) is 10.7. The van der Waals surface area contributed by atoms with E-state index < -0.39 is 5.97 Å². The quantitative estimate of drug-likeness (QED) is 0.883. The van der Waals surface area contributed by atoms with Crippen LogP contribution >= 0.6 is 11.6 Å². The molecule has 4 nitrogen and oxygen atoms in total. The molecular weight excluding hydrogens is 240 g/mol. The van der Waals surface area contributed by atoms with Crippen LogP contribution < -0.4 is 0 Å². The molecule has 0 spiro atoms. The Labute approximate surface area is 107 Å². The van der Waals surface area contributed by atoms with E-state index in [1.807, 2.05) is 20.9 Å². The summed E-state index contributed by atoms with van der Waals surface area (Å²) in [6.07, 6.45) is 1.42. The maximum atomic E-state index is 10.9. The molecule has 0 aliphatic heterocycles. The largest absolute Gasteiger partial charge is 0.481 e. The van der Waals surface area contributed by atoms with Crippen LogP contribution in [-0.2, 0) is 24.7 Å². The highest BCUT2D eigenvalue weighted by Crippen LogP contribution is 2.25. The van der Waals surface area contributed by atoms with Gasteiger partial charge in [0, 0.05) is 7.05 Å². The number of aryl methyl sites for hydroxylation is 2. The van der Waals surface area contributed by atoms with Gasteiger partial charge in [-0.25, -0.2) is 0 Å². The third-order valence-electron chi connectivity index (χ3n) is 3.26. The van der Waals surface area contributed by atoms with Gasteiger partial charge in [-0.3, -0.25) is 9.48 Å². The van der Waals surface area contributed by atoms with Gasteiger partial charge in [-0.1, -0.05) is 32.4 Å². The van der Waals surface area contributed by atoms with Gasteiger partial charge in [0.1, 0.15) is 0 Å². The van der Waals surface area contributed by atoms with Gasteiger partial charge in [0.2, 0.25) is 0 Å². The number of carbonyl (C=O) groups is 1. The minimum absolute atomic E-state index is 0.0325. The van der Waals surface area contributed by atoms with Crippen LogP contribution in [0.4, 0.5) is 0 Å².